The Morgan fingerprint density at radius 1 is 1.37 bits per heavy atom. The molecule has 5 heteroatoms. The molecule has 1 aromatic carbocycles. The minimum absolute atomic E-state index is 0.282. The number of para-hydroxylation sites is 1. The largest absolute Gasteiger partial charge is 0.478 e. The van der Waals surface area contributed by atoms with Crippen LogP contribution in [-0.4, -0.2) is 45.7 Å². The molecule has 0 atom stereocenters. The van der Waals surface area contributed by atoms with Crippen molar-refractivity contribution in [1.29, 1.82) is 0 Å². The van der Waals surface area contributed by atoms with Gasteiger partial charge in [0.1, 0.15) is 5.52 Å². The lowest BCUT2D eigenvalue weighted by molar-refractivity contribution is 0.0699. The zero-order valence-corrected chi connectivity index (χ0v) is 10.9. The van der Waals surface area contributed by atoms with Crippen molar-refractivity contribution < 1.29 is 9.90 Å². The molecular formula is C14H17N3O2. The first-order chi connectivity index (χ1) is 9.16. The molecule has 0 radical (unpaired) electrons. The van der Waals surface area contributed by atoms with Crippen molar-refractivity contribution in [2.45, 2.75) is 18.9 Å². The van der Waals surface area contributed by atoms with Crippen molar-refractivity contribution in [1.82, 2.24) is 14.5 Å². The van der Waals surface area contributed by atoms with Gasteiger partial charge in [0.05, 0.1) is 17.4 Å². The topological polar surface area (TPSA) is 58.4 Å². The molecule has 0 saturated carbocycles. The summed E-state index contributed by atoms with van der Waals surface area (Å²) in [7, 11) is 2.13. The number of nitrogens with zero attached hydrogens (tertiary/aromatic N) is 3. The van der Waals surface area contributed by atoms with Crippen LogP contribution in [0.5, 0.6) is 0 Å². The van der Waals surface area contributed by atoms with E-state index in [2.05, 4.69) is 21.5 Å². The van der Waals surface area contributed by atoms with E-state index in [1.54, 1.807) is 18.5 Å². The molecule has 1 aromatic heterocycles. The number of carboxylic acids is 1. The first kappa shape index (κ1) is 12.2. The van der Waals surface area contributed by atoms with E-state index in [1.807, 2.05) is 6.07 Å². The number of hydrogen-bond donors (Lipinski definition) is 1. The second kappa shape index (κ2) is 4.66. The lowest BCUT2D eigenvalue weighted by atomic mass is 10.0. The molecule has 5 nitrogen and oxygen atoms in total. The fourth-order valence-corrected chi connectivity index (χ4v) is 2.79. The molecule has 1 aliphatic heterocycles. The van der Waals surface area contributed by atoms with Gasteiger partial charge in [-0.05, 0) is 45.1 Å². The maximum atomic E-state index is 11.2. The van der Waals surface area contributed by atoms with Crippen molar-refractivity contribution in [3.63, 3.8) is 0 Å². The maximum absolute atomic E-state index is 11.2. The molecule has 1 N–H and O–H groups in total. The third-order valence-corrected chi connectivity index (χ3v) is 3.92. The Morgan fingerprint density at radius 2 is 2.11 bits per heavy atom. The van der Waals surface area contributed by atoms with Gasteiger partial charge < -0.3 is 14.6 Å². The number of aromatic nitrogens is 2. The number of aromatic carboxylic acids is 1. The number of likely N-dealkylation sites (tertiary alicyclic amines) is 1. The van der Waals surface area contributed by atoms with E-state index in [9.17, 15) is 9.90 Å². The second-order valence-electron chi connectivity index (χ2n) is 5.16. The maximum Gasteiger partial charge on any atom is 0.337 e. The van der Waals surface area contributed by atoms with Crippen LogP contribution in [0.1, 0.15) is 29.2 Å². The molecule has 0 spiro atoms. The number of carbonyl (C=O) groups is 1. The summed E-state index contributed by atoms with van der Waals surface area (Å²) in [6.45, 7) is 2.14. The molecule has 3 rings (SSSR count). The standard InChI is InChI=1S/C14H17N3O2/c1-16-7-5-10(6-8-16)17-9-15-13-11(14(18)19)3-2-4-12(13)17/h2-4,9-10H,5-8H2,1H3,(H,18,19). The third kappa shape index (κ3) is 2.10. The minimum Gasteiger partial charge on any atom is -0.478 e. The van der Waals surface area contributed by atoms with E-state index in [0.717, 1.165) is 31.4 Å². The average molecular weight is 259 g/mol. The number of carboxylic acid groups (broad SMARTS) is 1. The highest BCUT2D eigenvalue weighted by atomic mass is 16.4. The molecule has 1 fully saturated rings. The van der Waals surface area contributed by atoms with Gasteiger partial charge in [0.2, 0.25) is 0 Å². The van der Waals surface area contributed by atoms with Crippen LogP contribution >= 0.6 is 0 Å². The first-order valence-corrected chi connectivity index (χ1v) is 6.54. The number of hydrogen-bond acceptors (Lipinski definition) is 3. The van der Waals surface area contributed by atoms with Crippen LogP contribution in [0.2, 0.25) is 0 Å². The second-order valence-corrected chi connectivity index (χ2v) is 5.16. The summed E-state index contributed by atoms with van der Waals surface area (Å²) in [6, 6.07) is 5.77. The molecule has 0 aliphatic carbocycles. The van der Waals surface area contributed by atoms with Gasteiger partial charge in [0.15, 0.2) is 0 Å². The summed E-state index contributed by atoms with van der Waals surface area (Å²) >= 11 is 0. The highest BCUT2D eigenvalue weighted by Gasteiger charge is 2.21. The van der Waals surface area contributed by atoms with E-state index in [4.69, 9.17) is 0 Å². The normalized spacial score (nSPS) is 17.9. The summed E-state index contributed by atoms with van der Waals surface area (Å²) < 4.78 is 2.13. The Morgan fingerprint density at radius 3 is 2.79 bits per heavy atom. The number of imidazole rings is 1. The molecule has 0 bridgehead atoms. The Hall–Kier alpha value is -1.88. The van der Waals surface area contributed by atoms with Crippen LogP contribution in [0, 0.1) is 0 Å². The predicted molar refractivity (Wildman–Crippen MR) is 72.5 cm³/mol. The third-order valence-electron chi connectivity index (χ3n) is 3.92. The fourth-order valence-electron chi connectivity index (χ4n) is 2.79. The van der Waals surface area contributed by atoms with Crippen molar-refractivity contribution in [2.75, 3.05) is 20.1 Å². The van der Waals surface area contributed by atoms with Gasteiger partial charge in [-0.25, -0.2) is 9.78 Å². The van der Waals surface area contributed by atoms with Crippen LogP contribution < -0.4 is 0 Å². The van der Waals surface area contributed by atoms with Gasteiger partial charge >= 0.3 is 5.97 Å². The van der Waals surface area contributed by atoms with Gasteiger partial charge in [-0.15, -0.1) is 0 Å². The Kier molecular flexibility index (Phi) is 2.98. The predicted octanol–water partition coefficient (Wildman–Crippen LogP) is 2.00. The molecule has 1 aliphatic rings. The van der Waals surface area contributed by atoms with Crippen molar-refractivity contribution >= 4 is 17.0 Å². The number of benzene rings is 1. The van der Waals surface area contributed by atoms with Crippen LogP contribution in [0.15, 0.2) is 24.5 Å². The Balaban J connectivity index is 2.01. The van der Waals surface area contributed by atoms with Crippen molar-refractivity contribution in [3.8, 4) is 0 Å². The average Bonchev–Trinajstić information content (AvgIpc) is 2.83. The van der Waals surface area contributed by atoms with E-state index in [0.29, 0.717) is 11.6 Å². The van der Waals surface area contributed by atoms with Gasteiger partial charge in [-0.1, -0.05) is 6.07 Å². The van der Waals surface area contributed by atoms with Crippen LogP contribution in [-0.2, 0) is 0 Å². The SMILES string of the molecule is CN1CCC(n2cnc3c(C(=O)O)cccc32)CC1. The number of rotatable bonds is 2. The van der Waals surface area contributed by atoms with E-state index < -0.39 is 5.97 Å². The van der Waals surface area contributed by atoms with Crippen LogP contribution in [0.3, 0.4) is 0 Å². The van der Waals surface area contributed by atoms with Gasteiger partial charge in [-0.3, -0.25) is 0 Å². The fraction of sp³-hybridized carbons (Fsp3) is 0.429. The zero-order valence-electron chi connectivity index (χ0n) is 10.9. The molecule has 0 amide bonds. The summed E-state index contributed by atoms with van der Waals surface area (Å²) in [6.07, 6.45) is 3.95. The molecule has 0 unspecified atom stereocenters. The van der Waals surface area contributed by atoms with Gasteiger partial charge in [0, 0.05) is 6.04 Å². The van der Waals surface area contributed by atoms with Crippen LogP contribution in [0.4, 0.5) is 0 Å². The van der Waals surface area contributed by atoms with Crippen molar-refractivity contribution in [2.24, 2.45) is 0 Å². The van der Waals surface area contributed by atoms with Gasteiger partial charge in [0.25, 0.3) is 0 Å². The van der Waals surface area contributed by atoms with E-state index in [-0.39, 0.29) is 5.56 Å². The lowest BCUT2D eigenvalue weighted by Gasteiger charge is -2.30. The molecule has 1 saturated heterocycles. The Labute approximate surface area is 111 Å². The molecular weight excluding hydrogens is 242 g/mol. The van der Waals surface area contributed by atoms with E-state index in [1.165, 1.54) is 0 Å². The van der Waals surface area contributed by atoms with E-state index >= 15 is 0 Å². The molecule has 2 heterocycles. The number of piperidine rings is 1. The minimum atomic E-state index is -0.917. The summed E-state index contributed by atoms with van der Waals surface area (Å²) in [5, 5.41) is 9.18. The van der Waals surface area contributed by atoms with Crippen LogP contribution in [0.25, 0.3) is 11.0 Å². The monoisotopic (exact) mass is 259 g/mol. The summed E-state index contributed by atoms with van der Waals surface area (Å²) in [5.41, 5.74) is 1.80. The van der Waals surface area contributed by atoms with Crippen molar-refractivity contribution in [3.05, 3.63) is 30.1 Å². The highest BCUT2D eigenvalue weighted by molar-refractivity contribution is 6.00. The quantitative estimate of drug-likeness (QED) is 0.896. The molecule has 2 aromatic rings. The molecule has 100 valence electrons. The summed E-state index contributed by atoms with van der Waals surface area (Å²) in [4.78, 5) is 17.8. The first-order valence-electron chi connectivity index (χ1n) is 6.54. The smallest absolute Gasteiger partial charge is 0.337 e. The summed E-state index contributed by atoms with van der Waals surface area (Å²) in [5.74, 6) is -0.917. The van der Waals surface area contributed by atoms with Gasteiger partial charge in [-0.2, -0.15) is 0 Å². The molecule has 19 heavy (non-hydrogen) atoms. The highest BCUT2D eigenvalue weighted by Crippen LogP contribution is 2.27. The zero-order chi connectivity index (χ0) is 13.4. The Bertz CT molecular complexity index is 612. The number of fused-ring (bicyclic) bond motifs is 1. The lowest BCUT2D eigenvalue weighted by Crippen LogP contribution is -2.31.